The molecule has 3 aromatic carbocycles. The number of aryl methyl sites for hydroxylation is 2. The van der Waals surface area contributed by atoms with Crippen LogP contribution in [0, 0.1) is 0 Å². The molecular formula is C28H28N2O4. The molecule has 0 atom stereocenters. The summed E-state index contributed by atoms with van der Waals surface area (Å²) in [7, 11) is 1.66. The second-order valence-electron chi connectivity index (χ2n) is 7.91. The molecule has 0 bridgehead atoms. The molecule has 0 fully saturated rings. The van der Waals surface area contributed by atoms with Crippen LogP contribution in [-0.2, 0) is 24.2 Å². The number of hydrogen-bond donors (Lipinski definition) is 1. The molecule has 0 radical (unpaired) electrons. The van der Waals surface area contributed by atoms with Crippen molar-refractivity contribution < 1.29 is 19.4 Å². The molecule has 0 unspecified atom stereocenters. The number of nitrogens with zero attached hydrogens (tertiary/aromatic N) is 2. The van der Waals surface area contributed by atoms with E-state index in [1.807, 2.05) is 72.3 Å². The standard InChI is InChI=1S/C28H28N2O4/c1-3-34-27-14-13-21(18-28(31)32)17-23(27)24-19-25(22-11-7-8-12-26(22)33-2)30(29-24)16-15-20-9-5-4-6-10-20/h4-14,17,19H,3,15-16,18H2,1-2H3,(H,31,32). The number of aliphatic carboxylic acids is 1. The van der Waals surface area contributed by atoms with Crippen molar-refractivity contribution in [2.45, 2.75) is 26.3 Å². The fourth-order valence-electron chi connectivity index (χ4n) is 4.01. The summed E-state index contributed by atoms with van der Waals surface area (Å²) in [5, 5.41) is 14.2. The minimum absolute atomic E-state index is 0.0620. The van der Waals surface area contributed by atoms with Crippen LogP contribution < -0.4 is 9.47 Å². The van der Waals surface area contributed by atoms with Crippen LogP contribution in [0.15, 0.2) is 78.9 Å². The van der Waals surface area contributed by atoms with Gasteiger partial charge in [0.1, 0.15) is 11.5 Å². The van der Waals surface area contributed by atoms with E-state index < -0.39 is 5.97 Å². The van der Waals surface area contributed by atoms with Gasteiger partial charge in [-0.15, -0.1) is 0 Å². The quantitative estimate of drug-likeness (QED) is 0.341. The Morgan fingerprint density at radius 2 is 1.68 bits per heavy atom. The molecule has 1 N–H and O–H groups in total. The molecule has 4 aromatic rings. The molecular weight excluding hydrogens is 428 g/mol. The number of carboxylic acids is 1. The Morgan fingerprint density at radius 1 is 0.912 bits per heavy atom. The normalized spacial score (nSPS) is 10.8. The zero-order chi connectivity index (χ0) is 23.9. The van der Waals surface area contributed by atoms with Crippen molar-refractivity contribution in [3.63, 3.8) is 0 Å². The van der Waals surface area contributed by atoms with Gasteiger partial charge in [-0.05, 0) is 54.8 Å². The molecule has 0 aliphatic heterocycles. The van der Waals surface area contributed by atoms with Gasteiger partial charge in [0, 0.05) is 17.7 Å². The molecule has 0 aliphatic carbocycles. The van der Waals surface area contributed by atoms with Gasteiger partial charge in [-0.3, -0.25) is 9.48 Å². The highest BCUT2D eigenvalue weighted by Gasteiger charge is 2.18. The highest BCUT2D eigenvalue weighted by molar-refractivity contribution is 5.77. The summed E-state index contributed by atoms with van der Waals surface area (Å²) in [6.07, 6.45) is 0.759. The lowest BCUT2D eigenvalue weighted by molar-refractivity contribution is -0.136. The second-order valence-corrected chi connectivity index (χ2v) is 7.91. The zero-order valence-corrected chi connectivity index (χ0v) is 19.4. The topological polar surface area (TPSA) is 73.6 Å². The third-order valence-corrected chi connectivity index (χ3v) is 5.59. The number of carboxylic acid groups (broad SMARTS) is 1. The first-order valence-corrected chi connectivity index (χ1v) is 11.3. The van der Waals surface area contributed by atoms with Gasteiger partial charge < -0.3 is 14.6 Å². The Labute approximate surface area is 199 Å². The number of hydrogen-bond acceptors (Lipinski definition) is 4. The van der Waals surface area contributed by atoms with Crippen LogP contribution in [0.4, 0.5) is 0 Å². The minimum atomic E-state index is -0.877. The van der Waals surface area contributed by atoms with Crippen LogP contribution in [0.25, 0.3) is 22.5 Å². The molecule has 0 aliphatic rings. The highest BCUT2D eigenvalue weighted by Crippen LogP contribution is 2.36. The van der Waals surface area contributed by atoms with E-state index in [1.165, 1.54) is 5.56 Å². The van der Waals surface area contributed by atoms with E-state index in [4.69, 9.17) is 14.6 Å². The summed E-state index contributed by atoms with van der Waals surface area (Å²) in [6, 6.07) is 25.6. The third-order valence-electron chi connectivity index (χ3n) is 5.59. The number of rotatable bonds is 10. The van der Waals surface area contributed by atoms with E-state index in [9.17, 15) is 9.90 Å². The average molecular weight is 457 g/mol. The monoisotopic (exact) mass is 456 g/mol. The molecule has 0 spiro atoms. The lowest BCUT2D eigenvalue weighted by Gasteiger charge is -2.11. The maximum Gasteiger partial charge on any atom is 0.307 e. The van der Waals surface area contributed by atoms with Crippen LogP contribution in [-0.4, -0.2) is 34.6 Å². The van der Waals surface area contributed by atoms with Gasteiger partial charge in [0.15, 0.2) is 0 Å². The van der Waals surface area contributed by atoms with Gasteiger partial charge in [0.05, 0.1) is 31.5 Å². The summed E-state index contributed by atoms with van der Waals surface area (Å²) in [5.41, 5.74) is 5.29. The predicted octanol–water partition coefficient (Wildman–Crippen LogP) is 5.49. The number of aromatic nitrogens is 2. The smallest absolute Gasteiger partial charge is 0.307 e. The maximum atomic E-state index is 11.3. The molecule has 6 nitrogen and oxygen atoms in total. The molecule has 6 heteroatoms. The van der Waals surface area contributed by atoms with E-state index in [1.54, 1.807) is 13.2 Å². The van der Waals surface area contributed by atoms with Gasteiger partial charge in [0.2, 0.25) is 0 Å². The van der Waals surface area contributed by atoms with Crippen LogP contribution in [0.2, 0.25) is 0 Å². The molecule has 4 rings (SSSR count). The Bertz CT molecular complexity index is 1260. The summed E-state index contributed by atoms with van der Waals surface area (Å²) in [6.45, 7) is 3.10. The Kier molecular flexibility index (Phi) is 7.28. The number of ether oxygens (including phenoxy) is 2. The fourth-order valence-corrected chi connectivity index (χ4v) is 4.01. The van der Waals surface area contributed by atoms with E-state index >= 15 is 0 Å². The molecule has 1 aromatic heterocycles. The van der Waals surface area contributed by atoms with Crippen molar-refractivity contribution in [3.05, 3.63) is 90.0 Å². The average Bonchev–Trinajstić information content (AvgIpc) is 3.28. The molecule has 174 valence electrons. The minimum Gasteiger partial charge on any atom is -0.496 e. The number of para-hydroxylation sites is 1. The predicted molar refractivity (Wildman–Crippen MR) is 132 cm³/mol. The number of methoxy groups -OCH3 is 1. The van der Waals surface area contributed by atoms with E-state index in [2.05, 4.69) is 12.1 Å². The lowest BCUT2D eigenvalue weighted by Crippen LogP contribution is -2.06. The van der Waals surface area contributed by atoms with Crippen molar-refractivity contribution in [1.82, 2.24) is 9.78 Å². The lowest BCUT2D eigenvalue weighted by atomic mass is 10.0. The van der Waals surface area contributed by atoms with Crippen molar-refractivity contribution in [1.29, 1.82) is 0 Å². The van der Waals surface area contributed by atoms with E-state index in [0.717, 1.165) is 34.7 Å². The van der Waals surface area contributed by atoms with Gasteiger partial charge in [0.25, 0.3) is 0 Å². The van der Waals surface area contributed by atoms with Gasteiger partial charge in [-0.2, -0.15) is 5.10 Å². The molecule has 0 saturated heterocycles. The first kappa shape index (κ1) is 23.1. The highest BCUT2D eigenvalue weighted by atomic mass is 16.5. The van der Waals surface area contributed by atoms with Gasteiger partial charge >= 0.3 is 5.97 Å². The third kappa shape index (κ3) is 5.29. The van der Waals surface area contributed by atoms with Crippen molar-refractivity contribution in [2.24, 2.45) is 0 Å². The summed E-state index contributed by atoms with van der Waals surface area (Å²) < 4.78 is 13.5. The van der Waals surface area contributed by atoms with Crippen molar-refractivity contribution in [3.8, 4) is 34.0 Å². The fraction of sp³-hybridized carbons (Fsp3) is 0.214. The van der Waals surface area contributed by atoms with Crippen LogP contribution in [0.5, 0.6) is 11.5 Å². The zero-order valence-electron chi connectivity index (χ0n) is 19.4. The van der Waals surface area contributed by atoms with E-state index in [0.29, 0.717) is 24.5 Å². The van der Waals surface area contributed by atoms with Crippen molar-refractivity contribution in [2.75, 3.05) is 13.7 Å². The Hall–Kier alpha value is -4.06. The molecule has 0 saturated carbocycles. The van der Waals surface area contributed by atoms with Crippen LogP contribution in [0.3, 0.4) is 0 Å². The summed E-state index contributed by atoms with van der Waals surface area (Å²) >= 11 is 0. The molecule has 34 heavy (non-hydrogen) atoms. The van der Waals surface area contributed by atoms with Crippen molar-refractivity contribution >= 4 is 5.97 Å². The number of carbonyl (C=O) groups is 1. The largest absolute Gasteiger partial charge is 0.496 e. The SMILES string of the molecule is CCOc1ccc(CC(=O)O)cc1-c1cc(-c2ccccc2OC)n(CCc2ccccc2)n1. The number of benzene rings is 3. The molecule has 0 amide bonds. The van der Waals surface area contributed by atoms with Crippen LogP contribution in [0.1, 0.15) is 18.1 Å². The maximum absolute atomic E-state index is 11.3. The Balaban J connectivity index is 1.81. The molecule has 1 heterocycles. The van der Waals surface area contributed by atoms with E-state index in [-0.39, 0.29) is 6.42 Å². The summed E-state index contributed by atoms with van der Waals surface area (Å²) in [4.78, 5) is 11.3. The first-order valence-electron chi connectivity index (χ1n) is 11.3. The van der Waals surface area contributed by atoms with Crippen LogP contribution >= 0.6 is 0 Å². The first-order chi connectivity index (χ1) is 16.6. The Morgan fingerprint density at radius 3 is 2.41 bits per heavy atom. The second kappa shape index (κ2) is 10.7. The van der Waals surface area contributed by atoms with Gasteiger partial charge in [-0.1, -0.05) is 48.5 Å². The van der Waals surface area contributed by atoms with Gasteiger partial charge in [-0.25, -0.2) is 0 Å². The summed E-state index contributed by atoms with van der Waals surface area (Å²) in [5.74, 6) is 0.564.